The maximum Gasteiger partial charge on any atom is 3.00 e. The first-order valence-electron chi connectivity index (χ1n) is 2.72. The van der Waals surface area contributed by atoms with E-state index in [1.807, 2.05) is 0 Å². The van der Waals surface area contributed by atoms with Crippen molar-refractivity contribution < 1.29 is 60.8 Å². The molecule has 0 saturated heterocycles. The topological polar surface area (TPSA) is 120 Å². The van der Waals surface area contributed by atoms with E-state index >= 15 is 0 Å². The van der Waals surface area contributed by atoms with Gasteiger partial charge in [-0.05, 0) is 20.8 Å². The van der Waals surface area contributed by atoms with Crippen LogP contribution in [0.1, 0.15) is 20.8 Å². The Morgan fingerprint density at radius 1 is 0.692 bits per heavy atom. The average Bonchev–Trinajstić information content (AvgIpc) is 1.54. The summed E-state index contributed by atoms with van der Waals surface area (Å²) in [5, 5.41) is 26.7. The van der Waals surface area contributed by atoms with Crippen molar-refractivity contribution >= 4 is 17.9 Å². The van der Waals surface area contributed by atoms with E-state index in [2.05, 4.69) is 0 Å². The fourth-order valence-corrected chi connectivity index (χ4v) is 0. The molecule has 0 aromatic rings. The van der Waals surface area contributed by atoms with Crippen molar-refractivity contribution in [2.45, 2.75) is 20.8 Å². The molecular weight excluding hydrogens is 406 g/mol. The molecule has 0 fully saturated rings. The van der Waals surface area contributed by atoms with E-state index in [1.54, 1.807) is 0 Å². The molecular formula is C6H9O6U. The molecule has 13 heavy (non-hydrogen) atoms. The van der Waals surface area contributed by atoms with Crippen molar-refractivity contribution in [1.29, 1.82) is 0 Å². The zero-order valence-electron chi connectivity index (χ0n) is 7.45. The minimum Gasteiger partial charge on any atom is -0.550 e. The fourth-order valence-electron chi connectivity index (χ4n) is 0. The Labute approximate surface area is 99.3 Å². The summed E-state index contributed by atoms with van der Waals surface area (Å²) in [4.78, 5) is 26.7. The second-order valence-electron chi connectivity index (χ2n) is 1.47. The molecule has 0 aromatic carbocycles. The molecule has 0 N–H and O–H groups in total. The molecule has 0 aliphatic rings. The third kappa shape index (κ3) is 3540. The standard InChI is InChI=1S/3C2H4O2.U/c3*1-2(3)4;/h3*1H3,(H,3,4);/q;;;+3/p-3. The molecule has 73 valence electrons. The number of carboxylic acid groups (broad SMARTS) is 3. The van der Waals surface area contributed by atoms with E-state index in [-0.39, 0.29) is 31.1 Å². The number of carboxylic acids is 3. The Balaban J connectivity index is -0.0000000450. The molecule has 0 aromatic heterocycles. The van der Waals surface area contributed by atoms with Gasteiger partial charge in [-0.3, -0.25) is 0 Å². The van der Waals surface area contributed by atoms with Gasteiger partial charge in [0.2, 0.25) is 0 Å². The van der Waals surface area contributed by atoms with Crippen molar-refractivity contribution in [3.05, 3.63) is 0 Å². The first-order valence-corrected chi connectivity index (χ1v) is 2.72. The van der Waals surface area contributed by atoms with Crippen LogP contribution in [0.25, 0.3) is 0 Å². The first-order chi connectivity index (χ1) is 5.20. The van der Waals surface area contributed by atoms with Crippen LogP contribution >= 0.6 is 0 Å². The molecule has 0 spiro atoms. The Kier molecular flexibility index (Phi) is 30.8. The first kappa shape index (κ1) is 22.9. The van der Waals surface area contributed by atoms with Crippen LogP contribution in [-0.4, -0.2) is 17.9 Å². The van der Waals surface area contributed by atoms with Crippen LogP contribution in [0.4, 0.5) is 0 Å². The zero-order chi connectivity index (χ0) is 10.7. The molecule has 0 saturated carbocycles. The molecule has 0 aliphatic heterocycles. The van der Waals surface area contributed by atoms with Gasteiger partial charge in [0.15, 0.2) is 0 Å². The number of carbonyl (C=O) groups is 3. The third-order valence-electron chi connectivity index (χ3n) is 0. The Hall–Kier alpha value is -0.538. The van der Waals surface area contributed by atoms with Gasteiger partial charge in [0, 0.05) is 17.9 Å². The van der Waals surface area contributed by atoms with E-state index in [0.717, 1.165) is 20.8 Å². The summed E-state index contributed by atoms with van der Waals surface area (Å²) in [6.45, 7) is 2.92. The Bertz CT molecular complexity index is 115. The maximum absolute atomic E-state index is 8.89. The molecule has 6 nitrogen and oxygen atoms in total. The summed E-state index contributed by atoms with van der Waals surface area (Å²) in [6, 6.07) is 0. The van der Waals surface area contributed by atoms with Crippen LogP contribution in [0.15, 0.2) is 0 Å². The van der Waals surface area contributed by atoms with Crippen molar-refractivity contribution in [2.75, 3.05) is 0 Å². The average molecular weight is 415 g/mol. The Morgan fingerprint density at radius 3 is 0.692 bits per heavy atom. The SMILES string of the molecule is CC(=O)[O-].CC(=O)[O-].CC(=O)[O-].[U+3]. The molecule has 0 unspecified atom stereocenters. The van der Waals surface area contributed by atoms with Gasteiger partial charge in [0.1, 0.15) is 0 Å². The second kappa shape index (κ2) is 17.5. The van der Waals surface area contributed by atoms with Gasteiger partial charge >= 0.3 is 31.1 Å². The monoisotopic (exact) mass is 415 g/mol. The van der Waals surface area contributed by atoms with Gasteiger partial charge in [-0.2, -0.15) is 0 Å². The van der Waals surface area contributed by atoms with Crippen molar-refractivity contribution in [3.8, 4) is 0 Å². The number of aliphatic carboxylic acids is 3. The van der Waals surface area contributed by atoms with E-state index in [9.17, 15) is 0 Å². The predicted molar refractivity (Wildman–Crippen MR) is 32.0 cm³/mol. The van der Waals surface area contributed by atoms with Gasteiger partial charge in [-0.1, -0.05) is 0 Å². The Morgan fingerprint density at radius 2 is 0.692 bits per heavy atom. The van der Waals surface area contributed by atoms with Crippen LogP contribution in [0.2, 0.25) is 0 Å². The van der Waals surface area contributed by atoms with Crippen molar-refractivity contribution in [1.82, 2.24) is 0 Å². The smallest absolute Gasteiger partial charge is 0.550 e. The van der Waals surface area contributed by atoms with Gasteiger partial charge in [-0.15, -0.1) is 0 Å². The van der Waals surface area contributed by atoms with E-state index in [4.69, 9.17) is 29.7 Å². The molecule has 1 radical (unpaired) electrons. The normalized spacial score (nSPS) is 5.77. The van der Waals surface area contributed by atoms with Crippen LogP contribution in [0.5, 0.6) is 0 Å². The summed E-state index contributed by atoms with van der Waals surface area (Å²) in [5.74, 6) is -3.25. The quantitative estimate of drug-likeness (QED) is 0.401. The molecule has 0 rings (SSSR count). The summed E-state index contributed by atoms with van der Waals surface area (Å²) >= 11 is 0. The second-order valence-corrected chi connectivity index (χ2v) is 1.47. The molecule has 0 atom stereocenters. The number of rotatable bonds is 0. The van der Waals surface area contributed by atoms with Crippen LogP contribution in [0, 0.1) is 31.1 Å². The van der Waals surface area contributed by atoms with E-state index in [0.29, 0.717) is 0 Å². The largest absolute Gasteiger partial charge is 3.00 e. The van der Waals surface area contributed by atoms with Gasteiger partial charge in [0.25, 0.3) is 0 Å². The minimum atomic E-state index is -1.08. The van der Waals surface area contributed by atoms with E-state index < -0.39 is 17.9 Å². The molecule has 0 amide bonds. The minimum absolute atomic E-state index is 0. The van der Waals surface area contributed by atoms with Gasteiger partial charge < -0.3 is 29.7 Å². The van der Waals surface area contributed by atoms with Crippen LogP contribution in [0.3, 0.4) is 0 Å². The molecule has 7 heteroatoms. The maximum atomic E-state index is 8.89. The van der Waals surface area contributed by atoms with E-state index in [1.165, 1.54) is 0 Å². The van der Waals surface area contributed by atoms with Crippen molar-refractivity contribution in [2.24, 2.45) is 0 Å². The number of carbonyl (C=O) groups excluding carboxylic acids is 3. The summed E-state index contributed by atoms with van der Waals surface area (Å²) in [7, 11) is 0. The predicted octanol–water partition coefficient (Wildman–Crippen LogP) is -3.73. The molecule has 0 heterocycles. The summed E-state index contributed by atoms with van der Waals surface area (Å²) < 4.78 is 0. The van der Waals surface area contributed by atoms with Crippen molar-refractivity contribution in [3.63, 3.8) is 0 Å². The zero-order valence-corrected chi connectivity index (χ0v) is 11.6. The van der Waals surface area contributed by atoms with Crippen LogP contribution < -0.4 is 15.3 Å². The number of hydrogen-bond donors (Lipinski definition) is 0. The van der Waals surface area contributed by atoms with Gasteiger partial charge in [-0.25, -0.2) is 0 Å². The van der Waals surface area contributed by atoms with Crippen LogP contribution in [-0.2, 0) is 14.4 Å². The molecule has 0 bridgehead atoms. The molecule has 0 aliphatic carbocycles. The summed E-state index contributed by atoms with van der Waals surface area (Å²) in [6.07, 6.45) is 0. The van der Waals surface area contributed by atoms with Gasteiger partial charge in [0.05, 0.1) is 0 Å². The third-order valence-corrected chi connectivity index (χ3v) is 0. The fraction of sp³-hybridized carbons (Fsp3) is 0.500. The number of hydrogen-bond acceptors (Lipinski definition) is 6. The summed E-state index contributed by atoms with van der Waals surface area (Å²) in [5.41, 5.74) is 0.